The monoisotopic (exact) mass is 386 g/mol. The quantitative estimate of drug-likeness (QED) is 0.655. The molecule has 1 atom stereocenters. The van der Waals surface area contributed by atoms with Crippen molar-refractivity contribution in [2.24, 2.45) is 5.92 Å². The number of nitrogens with zero attached hydrogens (tertiary/aromatic N) is 3. The number of aryl methyl sites for hydroxylation is 1. The Bertz CT molecular complexity index is 994. The van der Waals surface area contributed by atoms with Gasteiger partial charge < -0.3 is 9.73 Å². The lowest BCUT2D eigenvalue weighted by atomic mass is 10.2. The van der Waals surface area contributed by atoms with Crippen LogP contribution in [0.15, 0.2) is 41.1 Å². The number of nitrogens with one attached hydrogen (secondary N) is 1. The van der Waals surface area contributed by atoms with E-state index in [0.717, 1.165) is 12.1 Å². The van der Waals surface area contributed by atoms with Gasteiger partial charge in [-0.2, -0.15) is 5.10 Å². The van der Waals surface area contributed by atoms with Crippen molar-refractivity contribution < 1.29 is 18.0 Å². The summed E-state index contributed by atoms with van der Waals surface area (Å²) in [6, 6.07) is 5.27. The van der Waals surface area contributed by atoms with Crippen LogP contribution in [0.4, 0.5) is 14.6 Å². The molecule has 2 aromatic heterocycles. The van der Waals surface area contributed by atoms with Crippen LogP contribution in [0.1, 0.15) is 38.1 Å². The fraction of sp³-hybridized carbons (Fsp3) is 0.350. The summed E-state index contributed by atoms with van der Waals surface area (Å²) in [5, 5.41) is 7.18. The zero-order valence-electron chi connectivity index (χ0n) is 15.4. The predicted molar refractivity (Wildman–Crippen MR) is 98.5 cm³/mol. The fourth-order valence-corrected chi connectivity index (χ4v) is 3.18. The molecule has 0 spiro atoms. The highest BCUT2D eigenvalue weighted by Gasteiger charge is 2.30. The molecule has 0 bridgehead atoms. The molecule has 1 fully saturated rings. The van der Waals surface area contributed by atoms with E-state index in [9.17, 15) is 13.6 Å². The van der Waals surface area contributed by atoms with Gasteiger partial charge in [-0.05, 0) is 37.8 Å². The minimum Gasteiger partial charge on any atom is -0.441 e. The van der Waals surface area contributed by atoms with Crippen molar-refractivity contribution in [3.05, 3.63) is 54.2 Å². The predicted octanol–water partition coefficient (Wildman–Crippen LogP) is 4.36. The molecule has 1 unspecified atom stereocenters. The van der Waals surface area contributed by atoms with Gasteiger partial charge in [0.2, 0.25) is 5.91 Å². The van der Waals surface area contributed by atoms with Crippen molar-refractivity contribution in [1.82, 2.24) is 14.8 Å². The molecule has 146 valence electrons. The standard InChI is InChI=1S/C20H20F2N4O2/c1-12(13-2-3-13)26-18(8-9-24-26)25-19(27)6-7-20-23-11-17(28-20)15-5-4-14(21)10-16(15)22/h4-5,8-13H,2-3,6-7H2,1H3,(H,25,27). The third kappa shape index (κ3) is 3.95. The first-order valence-electron chi connectivity index (χ1n) is 9.25. The number of benzene rings is 1. The van der Waals surface area contributed by atoms with Crippen LogP contribution < -0.4 is 5.32 Å². The molecule has 2 heterocycles. The number of rotatable bonds is 7. The number of carbonyl (C=O) groups excluding carboxylic acids is 1. The van der Waals surface area contributed by atoms with Gasteiger partial charge in [-0.1, -0.05) is 0 Å². The Kier molecular flexibility index (Phi) is 4.93. The molecule has 0 aliphatic heterocycles. The van der Waals surface area contributed by atoms with Gasteiger partial charge in [-0.15, -0.1) is 0 Å². The first-order valence-corrected chi connectivity index (χ1v) is 9.25. The van der Waals surface area contributed by atoms with E-state index in [1.807, 2.05) is 4.68 Å². The first-order chi connectivity index (χ1) is 13.5. The summed E-state index contributed by atoms with van der Waals surface area (Å²) in [5.74, 6) is 0.237. The van der Waals surface area contributed by atoms with E-state index >= 15 is 0 Å². The number of halogens is 2. The summed E-state index contributed by atoms with van der Waals surface area (Å²) in [4.78, 5) is 16.4. The highest BCUT2D eigenvalue weighted by atomic mass is 19.1. The van der Waals surface area contributed by atoms with E-state index < -0.39 is 11.6 Å². The van der Waals surface area contributed by atoms with Crippen LogP contribution in [0.2, 0.25) is 0 Å². The molecule has 1 N–H and O–H groups in total. The Labute approximate surface area is 160 Å². The van der Waals surface area contributed by atoms with E-state index in [-0.39, 0.29) is 36.1 Å². The maximum Gasteiger partial charge on any atom is 0.226 e. The van der Waals surface area contributed by atoms with Crippen LogP contribution in [0, 0.1) is 17.6 Å². The van der Waals surface area contributed by atoms with Gasteiger partial charge in [0.15, 0.2) is 11.7 Å². The van der Waals surface area contributed by atoms with E-state index in [4.69, 9.17) is 4.42 Å². The number of carbonyl (C=O) groups is 1. The SMILES string of the molecule is CC(C1CC1)n1nccc1NC(=O)CCc1ncc(-c2ccc(F)cc2F)o1. The van der Waals surface area contributed by atoms with Gasteiger partial charge in [-0.3, -0.25) is 4.79 Å². The summed E-state index contributed by atoms with van der Waals surface area (Å²) in [6.07, 6.45) is 5.85. The van der Waals surface area contributed by atoms with Crippen LogP contribution in [-0.4, -0.2) is 20.7 Å². The number of anilines is 1. The molecule has 1 aliphatic carbocycles. The Morgan fingerprint density at radius 2 is 2.18 bits per heavy atom. The van der Waals surface area contributed by atoms with Crippen molar-refractivity contribution in [3.63, 3.8) is 0 Å². The van der Waals surface area contributed by atoms with Crippen LogP contribution in [0.25, 0.3) is 11.3 Å². The highest BCUT2D eigenvalue weighted by molar-refractivity contribution is 5.89. The zero-order chi connectivity index (χ0) is 19.7. The van der Waals surface area contributed by atoms with Crippen LogP contribution in [0.3, 0.4) is 0 Å². The van der Waals surface area contributed by atoms with Gasteiger partial charge in [-0.25, -0.2) is 18.4 Å². The van der Waals surface area contributed by atoms with Crippen LogP contribution >= 0.6 is 0 Å². The molecule has 1 aliphatic rings. The Morgan fingerprint density at radius 1 is 1.36 bits per heavy atom. The molecule has 28 heavy (non-hydrogen) atoms. The number of oxazole rings is 1. The van der Waals surface area contributed by atoms with Crippen LogP contribution in [-0.2, 0) is 11.2 Å². The third-order valence-electron chi connectivity index (χ3n) is 4.94. The normalized spacial score (nSPS) is 14.8. The van der Waals surface area contributed by atoms with Crippen molar-refractivity contribution in [2.75, 3.05) is 5.32 Å². The second kappa shape index (κ2) is 7.53. The maximum absolute atomic E-state index is 13.8. The smallest absolute Gasteiger partial charge is 0.226 e. The number of hydrogen-bond acceptors (Lipinski definition) is 4. The number of hydrogen-bond donors (Lipinski definition) is 1. The van der Waals surface area contributed by atoms with Gasteiger partial charge in [0.25, 0.3) is 0 Å². The molecule has 0 saturated heterocycles. The molecule has 0 radical (unpaired) electrons. The average molecular weight is 386 g/mol. The largest absolute Gasteiger partial charge is 0.441 e. The lowest BCUT2D eigenvalue weighted by Crippen LogP contribution is -2.18. The fourth-order valence-electron chi connectivity index (χ4n) is 3.18. The Hall–Kier alpha value is -3.03. The lowest BCUT2D eigenvalue weighted by molar-refractivity contribution is -0.116. The van der Waals surface area contributed by atoms with E-state index in [0.29, 0.717) is 17.6 Å². The number of aromatic nitrogens is 3. The zero-order valence-corrected chi connectivity index (χ0v) is 15.4. The van der Waals surface area contributed by atoms with E-state index in [2.05, 4.69) is 22.3 Å². The summed E-state index contributed by atoms with van der Waals surface area (Å²) < 4.78 is 34.2. The summed E-state index contributed by atoms with van der Waals surface area (Å²) in [6.45, 7) is 2.10. The van der Waals surface area contributed by atoms with Crippen molar-refractivity contribution in [3.8, 4) is 11.3 Å². The number of amides is 1. The minimum absolute atomic E-state index is 0.127. The molecule has 1 saturated carbocycles. The van der Waals surface area contributed by atoms with Gasteiger partial charge in [0.05, 0.1) is 24.0 Å². The van der Waals surface area contributed by atoms with Gasteiger partial charge >= 0.3 is 0 Å². The molecule has 4 rings (SSSR count). The van der Waals surface area contributed by atoms with E-state index in [1.165, 1.54) is 25.1 Å². The topological polar surface area (TPSA) is 73.0 Å². The average Bonchev–Trinajstić information content (AvgIpc) is 3.24. The van der Waals surface area contributed by atoms with Gasteiger partial charge in [0.1, 0.15) is 17.5 Å². The Balaban J connectivity index is 1.36. The second-order valence-corrected chi connectivity index (χ2v) is 7.03. The summed E-state index contributed by atoms with van der Waals surface area (Å²) >= 11 is 0. The molecule has 8 heteroatoms. The molecular weight excluding hydrogens is 366 g/mol. The summed E-state index contributed by atoms with van der Waals surface area (Å²) in [7, 11) is 0. The molecule has 1 amide bonds. The van der Waals surface area contributed by atoms with E-state index in [1.54, 1.807) is 12.3 Å². The second-order valence-electron chi connectivity index (χ2n) is 7.03. The molecule has 6 nitrogen and oxygen atoms in total. The van der Waals surface area contributed by atoms with Crippen molar-refractivity contribution in [2.45, 2.75) is 38.6 Å². The minimum atomic E-state index is -0.724. The van der Waals surface area contributed by atoms with Crippen molar-refractivity contribution >= 4 is 11.7 Å². The summed E-state index contributed by atoms with van der Waals surface area (Å²) in [5.41, 5.74) is 0.127. The molecule has 3 aromatic rings. The maximum atomic E-state index is 13.8. The molecular formula is C20H20F2N4O2. The highest BCUT2D eigenvalue weighted by Crippen LogP contribution is 2.40. The third-order valence-corrected chi connectivity index (χ3v) is 4.94. The Morgan fingerprint density at radius 3 is 2.93 bits per heavy atom. The first kappa shape index (κ1) is 18.3. The molecule has 1 aromatic carbocycles. The van der Waals surface area contributed by atoms with Crippen molar-refractivity contribution in [1.29, 1.82) is 0 Å². The lowest BCUT2D eigenvalue weighted by Gasteiger charge is -2.15. The van der Waals surface area contributed by atoms with Crippen LogP contribution in [0.5, 0.6) is 0 Å². The van der Waals surface area contributed by atoms with Gasteiger partial charge in [0, 0.05) is 25.0 Å².